The van der Waals surface area contributed by atoms with Gasteiger partial charge in [-0.2, -0.15) is 13.2 Å². The number of likely N-dealkylation sites (tertiary alicyclic amines) is 1. The van der Waals surface area contributed by atoms with Crippen LogP contribution in [0.5, 0.6) is 0 Å². The number of halogens is 3. The lowest BCUT2D eigenvalue weighted by Gasteiger charge is -2.31. The van der Waals surface area contributed by atoms with Crippen LogP contribution in [0.4, 0.5) is 18.3 Å². The molecular formula is C22H19F3N4O2S. The van der Waals surface area contributed by atoms with E-state index >= 15 is 0 Å². The lowest BCUT2D eigenvalue weighted by molar-refractivity contribution is -0.137. The van der Waals surface area contributed by atoms with Crippen molar-refractivity contribution in [1.29, 1.82) is 0 Å². The fourth-order valence-corrected chi connectivity index (χ4v) is 4.24. The highest BCUT2D eigenvalue weighted by Gasteiger charge is 2.31. The molecule has 2 aromatic heterocycles. The highest BCUT2D eigenvalue weighted by molar-refractivity contribution is 7.14. The number of carbonyl (C=O) groups is 2. The molecule has 1 N–H and O–H groups in total. The maximum absolute atomic E-state index is 12.7. The predicted octanol–water partition coefficient (Wildman–Crippen LogP) is 4.71. The lowest BCUT2D eigenvalue weighted by atomic mass is 9.95. The first kappa shape index (κ1) is 21.9. The van der Waals surface area contributed by atoms with Gasteiger partial charge in [-0.3, -0.25) is 14.6 Å². The third-order valence-corrected chi connectivity index (χ3v) is 6.06. The first-order valence-electron chi connectivity index (χ1n) is 9.94. The molecule has 0 unspecified atom stereocenters. The zero-order valence-corrected chi connectivity index (χ0v) is 17.6. The summed E-state index contributed by atoms with van der Waals surface area (Å²) in [4.78, 5) is 35.3. The third-order valence-electron chi connectivity index (χ3n) is 5.30. The number of nitrogens with one attached hydrogen (secondary N) is 1. The Hall–Kier alpha value is -3.27. The predicted molar refractivity (Wildman–Crippen MR) is 114 cm³/mol. The number of benzene rings is 1. The molecule has 0 atom stereocenters. The number of nitrogens with zero attached hydrogens (tertiary/aromatic N) is 3. The molecule has 1 aliphatic heterocycles. The number of aromatic nitrogens is 2. The summed E-state index contributed by atoms with van der Waals surface area (Å²) in [5.41, 5.74) is 1.000. The molecule has 0 bridgehead atoms. The zero-order chi connectivity index (χ0) is 22.7. The first-order valence-corrected chi connectivity index (χ1v) is 10.8. The average molecular weight is 460 g/mol. The van der Waals surface area contributed by atoms with Gasteiger partial charge in [-0.25, -0.2) is 4.98 Å². The molecule has 1 aromatic carbocycles. The fraction of sp³-hybridized carbons (Fsp3) is 0.273. The Morgan fingerprint density at radius 2 is 1.81 bits per heavy atom. The van der Waals surface area contributed by atoms with E-state index in [1.54, 1.807) is 17.3 Å². The Bertz CT molecular complexity index is 1090. The molecule has 1 saturated heterocycles. The Morgan fingerprint density at radius 1 is 1.09 bits per heavy atom. The summed E-state index contributed by atoms with van der Waals surface area (Å²) in [6.07, 6.45) is -0.126. The highest BCUT2D eigenvalue weighted by Crippen LogP contribution is 2.30. The summed E-state index contributed by atoms with van der Waals surface area (Å²) in [5, 5.41) is 5.18. The number of hydrogen-bond acceptors (Lipinski definition) is 5. The number of rotatable bonds is 4. The molecule has 1 fully saturated rings. The van der Waals surface area contributed by atoms with Gasteiger partial charge in [0.25, 0.3) is 5.91 Å². The molecule has 10 heteroatoms. The fourth-order valence-electron chi connectivity index (χ4n) is 3.51. The standard InChI is InChI=1S/C22H19F3N4O2S/c23-22(24,25)17-5-3-15(4-6-17)20(31)29-10-7-14(8-11-29)19(30)28-21-27-18(13-32-21)16-2-1-9-26-12-16/h1-6,9,12-14H,7-8,10-11H2,(H,27,28,30). The van der Waals surface area contributed by atoms with E-state index < -0.39 is 11.7 Å². The molecular weight excluding hydrogens is 441 g/mol. The maximum Gasteiger partial charge on any atom is 0.416 e. The molecule has 2 amide bonds. The summed E-state index contributed by atoms with van der Waals surface area (Å²) in [6.45, 7) is 0.716. The van der Waals surface area contributed by atoms with Gasteiger partial charge in [-0.05, 0) is 49.2 Å². The molecule has 3 aromatic rings. The first-order chi connectivity index (χ1) is 15.3. The van der Waals surface area contributed by atoms with Gasteiger partial charge < -0.3 is 10.2 Å². The minimum Gasteiger partial charge on any atom is -0.339 e. The van der Waals surface area contributed by atoms with Crippen LogP contribution in [0.25, 0.3) is 11.3 Å². The number of hydrogen-bond donors (Lipinski definition) is 1. The van der Waals surface area contributed by atoms with Crippen molar-refractivity contribution in [3.8, 4) is 11.3 Å². The summed E-state index contributed by atoms with van der Waals surface area (Å²) in [5.74, 6) is -0.755. The molecule has 32 heavy (non-hydrogen) atoms. The minimum atomic E-state index is -4.44. The van der Waals surface area contributed by atoms with Crippen molar-refractivity contribution >= 4 is 28.3 Å². The van der Waals surface area contributed by atoms with Crippen LogP contribution in [0.15, 0.2) is 54.2 Å². The second kappa shape index (κ2) is 9.07. The van der Waals surface area contributed by atoms with E-state index in [2.05, 4.69) is 15.3 Å². The van der Waals surface area contributed by atoms with Crippen LogP contribution < -0.4 is 5.32 Å². The van der Waals surface area contributed by atoms with Crippen LogP contribution >= 0.6 is 11.3 Å². The van der Waals surface area contributed by atoms with Crippen molar-refractivity contribution in [1.82, 2.24) is 14.9 Å². The monoisotopic (exact) mass is 460 g/mol. The molecule has 0 radical (unpaired) electrons. The average Bonchev–Trinajstić information content (AvgIpc) is 3.27. The summed E-state index contributed by atoms with van der Waals surface area (Å²) in [6, 6.07) is 7.88. The van der Waals surface area contributed by atoms with Crippen molar-refractivity contribution < 1.29 is 22.8 Å². The van der Waals surface area contributed by atoms with E-state index in [0.717, 1.165) is 23.4 Å². The van der Waals surface area contributed by atoms with Gasteiger partial charge in [0.2, 0.25) is 5.91 Å². The van der Waals surface area contributed by atoms with E-state index in [0.29, 0.717) is 31.1 Å². The minimum absolute atomic E-state index is 0.154. The normalized spacial score (nSPS) is 14.9. The summed E-state index contributed by atoms with van der Waals surface area (Å²) in [7, 11) is 0. The van der Waals surface area contributed by atoms with E-state index in [-0.39, 0.29) is 23.3 Å². The van der Waals surface area contributed by atoms with Crippen molar-refractivity contribution in [2.24, 2.45) is 5.92 Å². The number of pyridine rings is 1. The molecule has 0 spiro atoms. The smallest absolute Gasteiger partial charge is 0.339 e. The van der Waals surface area contributed by atoms with Crippen molar-refractivity contribution in [2.45, 2.75) is 19.0 Å². The topological polar surface area (TPSA) is 75.2 Å². The largest absolute Gasteiger partial charge is 0.416 e. The van der Waals surface area contributed by atoms with Crippen LogP contribution in [0.3, 0.4) is 0 Å². The number of alkyl halides is 3. The number of thiazole rings is 1. The number of carbonyl (C=O) groups excluding carboxylic acids is 2. The SMILES string of the molecule is O=C(Nc1nc(-c2cccnc2)cs1)C1CCN(C(=O)c2ccc(C(F)(F)F)cc2)CC1. The molecule has 0 aliphatic carbocycles. The Kier molecular flexibility index (Phi) is 6.22. The summed E-state index contributed by atoms with van der Waals surface area (Å²) >= 11 is 1.33. The van der Waals surface area contributed by atoms with Gasteiger partial charge in [0.1, 0.15) is 0 Å². The van der Waals surface area contributed by atoms with Crippen LogP contribution in [-0.4, -0.2) is 39.8 Å². The van der Waals surface area contributed by atoms with Gasteiger partial charge in [0, 0.05) is 47.9 Å². The number of piperidine rings is 1. The zero-order valence-electron chi connectivity index (χ0n) is 16.8. The molecule has 0 saturated carbocycles. The van der Waals surface area contributed by atoms with Gasteiger partial charge in [0.15, 0.2) is 5.13 Å². The Labute approximate surface area is 186 Å². The van der Waals surface area contributed by atoms with Crippen LogP contribution in [0.2, 0.25) is 0 Å². The van der Waals surface area contributed by atoms with E-state index in [4.69, 9.17) is 0 Å². The van der Waals surface area contributed by atoms with Crippen LogP contribution in [-0.2, 0) is 11.0 Å². The second-order valence-electron chi connectivity index (χ2n) is 7.41. The molecule has 166 valence electrons. The summed E-state index contributed by atoms with van der Waals surface area (Å²) < 4.78 is 38.1. The van der Waals surface area contributed by atoms with Gasteiger partial charge in [-0.1, -0.05) is 0 Å². The molecule has 6 nitrogen and oxygen atoms in total. The molecule has 1 aliphatic rings. The van der Waals surface area contributed by atoms with E-state index in [9.17, 15) is 22.8 Å². The lowest BCUT2D eigenvalue weighted by Crippen LogP contribution is -2.41. The van der Waals surface area contributed by atoms with Gasteiger partial charge >= 0.3 is 6.18 Å². The second-order valence-corrected chi connectivity index (χ2v) is 8.27. The molecule has 3 heterocycles. The Balaban J connectivity index is 1.31. The Morgan fingerprint density at radius 3 is 2.44 bits per heavy atom. The highest BCUT2D eigenvalue weighted by atomic mass is 32.1. The maximum atomic E-state index is 12.7. The van der Waals surface area contributed by atoms with Gasteiger partial charge in [0.05, 0.1) is 11.3 Å². The van der Waals surface area contributed by atoms with E-state index in [1.807, 2.05) is 17.5 Å². The van der Waals surface area contributed by atoms with E-state index in [1.165, 1.54) is 23.5 Å². The third kappa shape index (κ3) is 4.96. The van der Waals surface area contributed by atoms with Crippen LogP contribution in [0, 0.1) is 5.92 Å². The van der Waals surface area contributed by atoms with Gasteiger partial charge in [-0.15, -0.1) is 11.3 Å². The van der Waals surface area contributed by atoms with Crippen molar-refractivity contribution in [3.05, 3.63) is 65.3 Å². The number of amides is 2. The molecule has 4 rings (SSSR count). The van der Waals surface area contributed by atoms with Crippen molar-refractivity contribution in [2.75, 3.05) is 18.4 Å². The quantitative estimate of drug-likeness (QED) is 0.612. The van der Waals surface area contributed by atoms with Crippen LogP contribution in [0.1, 0.15) is 28.8 Å². The number of anilines is 1. The van der Waals surface area contributed by atoms with Crippen molar-refractivity contribution in [3.63, 3.8) is 0 Å².